The molecule has 0 aliphatic carbocycles. The fourth-order valence-electron chi connectivity index (χ4n) is 2.42. The van der Waals surface area contributed by atoms with Gasteiger partial charge in [0.05, 0.1) is 12.3 Å². The number of ether oxygens (including phenoxy) is 2. The number of nitrogens with zero attached hydrogens (tertiary/aromatic N) is 3. The summed E-state index contributed by atoms with van der Waals surface area (Å²) in [4.78, 5) is 15.8. The van der Waals surface area contributed by atoms with E-state index in [-0.39, 0.29) is 23.6 Å². The molecule has 3 rings (SSSR count). The number of amides is 1. The fourth-order valence-corrected chi connectivity index (χ4v) is 2.48. The van der Waals surface area contributed by atoms with E-state index in [0.717, 1.165) is 0 Å². The number of alkyl halides is 1. The Morgan fingerprint density at radius 2 is 1.86 bits per heavy atom. The van der Waals surface area contributed by atoms with Crippen molar-refractivity contribution in [2.75, 3.05) is 31.5 Å². The molecule has 0 saturated heterocycles. The Balaban J connectivity index is 1.93. The predicted octanol–water partition coefficient (Wildman–Crippen LogP) is 3.28. The molecule has 0 atom stereocenters. The van der Waals surface area contributed by atoms with Gasteiger partial charge < -0.3 is 14.8 Å². The number of hydrogen-bond donors (Lipinski definition) is 1. The summed E-state index contributed by atoms with van der Waals surface area (Å²) in [5.74, 6) is -0.270. The summed E-state index contributed by atoms with van der Waals surface area (Å²) < 4.78 is 25.4. The van der Waals surface area contributed by atoms with E-state index < -0.39 is 0 Å². The Labute approximate surface area is 166 Å². The van der Waals surface area contributed by atoms with E-state index in [1.807, 2.05) is 0 Å². The summed E-state index contributed by atoms with van der Waals surface area (Å²) in [6.45, 7) is 0.697. The number of nitrogens with one attached hydrogen (secondary N) is 1. The highest BCUT2D eigenvalue weighted by molar-refractivity contribution is 6.29. The third-order valence-corrected chi connectivity index (χ3v) is 3.97. The molecule has 1 N–H and O–H groups in total. The molecule has 0 aliphatic rings. The number of carbonyl (C=O) groups excluding carboxylic acids is 1. The van der Waals surface area contributed by atoms with Crippen molar-refractivity contribution in [1.82, 2.24) is 14.8 Å². The van der Waals surface area contributed by atoms with Crippen molar-refractivity contribution in [1.29, 1.82) is 0 Å². The number of anilines is 1. The monoisotopic (exact) mass is 404 g/mol. The highest BCUT2D eigenvalue weighted by Gasteiger charge is 2.15. The average Bonchev–Trinajstić information content (AvgIpc) is 3.13. The van der Waals surface area contributed by atoms with E-state index in [0.29, 0.717) is 36.0 Å². The quantitative estimate of drug-likeness (QED) is 0.460. The van der Waals surface area contributed by atoms with E-state index >= 15 is 0 Å². The fraction of sp³-hybridized carbons (Fsp3) is 0.211. The molecular formula is C19H18ClFN4O3. The molecule has 2 aromatic carbocycles. The molecule has 1 amide bonds. The molecule has 7 nitrogen and oxygen atoms in total. The summed E-state index contributed by atoms with van der Waals surface area (Å²) in [6, 6.07) is 13.1. The second-order valence-corrected chi connectivity index (χ2v) is 5.97. The zero-order valence-corrected chi connectivity index (χ0v) is 15.8. The largest absolute Gasteiger partial charge is 0.460 e. The van der Waals surface area contributed by atoms with Gasteiger partial charge in [-0.15, -0.1) is 16.7 Å². The van der Waals surface area contributed by atoms with Crippen molar-refractivity contribution in [3.8, 4) is 23.1 Å². The van der Waals surface area contributed by atoms with Crippen LogP contribution >= 0.6 is 11.6 Å². The van der Waals surface area contributed by atoms with Crippen LogP contribution in [0.4, 0.5) is 10.1 Å². The van der Waals surface area contributed by atoms with Gasteiger partial charge in [0.2, 0.25) is 5.91 Å². The number of carbonyl (C=O) groups is 1. The van der Waals surface area contributed by atoms with Crippen LogP contribution < -0.4 is 10.1 Å². The number of benzene rings is 2. The summed E-state index contributed by atoms with van der Waals surface area (Å²) >= 11 is 5.50. The van der Waals surface area contributed by atoms with Gasteiger partial charge in [0, 0.05) is 18.4 Å². The second kappa shape index (κ2) is 9.29. The lowest BCUT2D eigenvalue weighted by Gasteiger charge is -2.08. The Hall–Kier alpha value is -2.97. The zero-order valence-electron chi connectivity index (χ0n) is 15.1. The number of rotatable bonds is 8. The van der Waals surface area contributed by atoms with Crippen LogP contribution in [0, 0.1) is 5.82 Å². The number of aromatic nitrogens is 3. The van der Waals surface area contributed by atoms with Crippen molar-refractivity contribution >= 4 is 23.2 Å². The summed E-state index contributed by atoms with van der Waals surface area (Å²) in [5.41, 5.74) is 1.97. The predicted molar refractivity (Wildman–Crippen MR) is 103 cm³/mol. The minimum atomic E-state index is -0.342. The van der Waals surface area contributed by atoms with E-state index in [1.165, 1.54) is 12.1 Å². The highest BCUT2D eigenvalue weighted by Crippen LogP contribution is 2.24. The maximum absolute atomic E-state index is 13.3. The third-order valence-electron chi connectivity index (χ3n) is 3.73. The third kappa shape index (κ3) is 4.85. The van der Waals surface area contributed by atoms with Gasteiger partial charge in [0.25, 0.3) is 0 Å². The molecule has 0 fully saturated rings. The van der Waals surface area contributed by atoms with Gasteiger partial charge in [0.15, 0.2) is 5.82 Å². The van der Waals surface area contributed by atoms with Crippen molar-refractivity contribution < 1.29 is 18.7 Å². The maximum atomic E-state index is 13.3. The first kappa shape index (κ1) is 19.8. The normalized spacial score (nSPS) is 10.7. The van der Waals surface area contributed by atoms with Crippen molar-refractivity contribution in [3.05, 3.63) is 54.3 Å². The molecule has 1 aromatic heterocycles. The van der Waals surface area contributed by atoms with Gasteiger partial charge in [0.1, 0.15) is 18.3 Å². The minimum Gasteiger partial charge on any atom is -0.460 e. The van der Waals surface area contributed by atoms with Crippen LogP contribution in [0.3, 0.4) is 0 Å². The van der Waals surface area contributed by atoms with Crippen molar-refractivity contribution in [2.45, 2.75) is 0 Å². The molecule has 0 spiro atoms. The second-order valence-electron chi connectivity index (χ2n) is 5.71. The molecule has 0 bridgehead atoms. The Bertz CT molecular complexity index is 929. The van der Waals surface area contributed by atoms with E-state index in [2.05, 4.69) is 15.4 Å². The topological polar surface area (TPSA) is 78.3 Å². The molecule has 146 valence electrons. The molecule has 3 aromatic rings. The number of methoxy groups -OCH3 is 1. The van der Waals surface area contributed by atoms with Gasteiger partial charge in [-0.05, 0) is 48.5 Å². The molecule has 0 aliphatic heterocycles. The van der Waals surface area contributed by atoms with Gasteiger partial charge in [-0.25, -0.2) is 9.07 Å². The van der Waals surface area contributed by atoms with Gasteiger partial charge in [-0.2, -0.15) is 4.98 Å². The van der Waals surface area contributed by atoms with E-state index in [9.17, 15) is 9.18 Å². The Morgan fingerprint density at radius 1 is 1.14 bits per heavy atom. The van der Waals surface area contributed by atoms with Crippen molar-refractivity contribution in [2.24, 2.45) is 0 Å². The standard InChI is InChI=1S/C19H18ClFN4O3/c1-27-10-11-28-19-23-18(13-2-4-14(21)5-3-13)25(24-19)16-8-6-15(7-9-16)22-17(26)12-20/h2-9H,10-12H2,1H3,(H,22,26). The maximum Gasteiger partial charge on any atom is 0.336 e. The van der Waals surface area contributed by atoms with E-state index in [4.69, 9.17) is 21.1 Å². The first-order valence-corrected chi connectivity index (χ1v) is 8.95. The minimum absolute atomic E-state index is 0.123. The van der Waals surface area contributed by atoms with Crippen LogP contribution in [0.25, 0.3) is 17.1 Å². The van der Waals surface area contributed by atoms with Crippen LogP contribution in [-0.2, 0) is 9.53 Å². The number of halogens is 2. The smallest absolute Gasteiger partial charge is 0.336 e. The molecule has 0 saturated carbocycles. The van der Waals surface area contributed by atoms with Gasteiger partial charge in [-0.3, -0.25) is 4.79 Å². The lowest BCUT2D eigenvalue weighted by atomic mass is 10.2. The number of hydrogen-bond acceptors (Lipinski definition) is 5. The molecule has 1 heterocycles. The van der Waals surface area contributed by atoms with E-state index in [1.54, 1.807) is 48.2 Å². The summed E-state index contributed by atoms with van der Waals surface area (Å²) in [5, 5.41) is 7.05. The van der Waals surface area contributed by atoms with Crippen LogP contribution in [0.5, 0.6) is 6.01 Å². The molecule has 0 radical (unpaired) electrons. The zero-order chi connectivity index (χ0) is 19.9. The first-order valence-electron chi connectivity index (χ1n) is 8.41. The molecule has 0 unspecified atom stereocenters. The lowest BCUT2D eigenvalue weighted by molar-refractivity contribution is -0.113. The average molecular weight is 405 g/mol. The molecule has 28 heavy (non-hydrogen) atoms. The van der Waals surface area contributed by atoms with Crippen LogP contribution in [0.2, 0.25) is 0 Å². The highest BCUT2D eigenvalue weighted by atomic mass is 35.5. The molecular weight excluding hydrogens is 387 g/mol. The van der Waals surface area contributed by atoms with Crippen molar-refractivity contribution in [3.63, 3.8) is 0 Å². The van der Waals surface area contributed by atoms with Crippen LogP contribution in [0.1, 0.15) is 0 Å². The SMILES string of the molecule is COCCOc1nc(-c2ccc(F)cc2)n(-c2ccc(NC(=O)CCl)cc2)n1. The van der Waals surface area contributed by atoms with Gasteiger partial charge in [-0.1, -0.05) is 0 Å². The summed E-state index contributed by atoms with van der Waals surface area (Å²) in [7, 11) is 1.57. The Morgan fingerprint density at radius 3 is 2.50 bits per heavy atom. The van der Waals surface area contributed by atoms with Gasteiger partial charge >= 0.3 is 6.01 Å². The molecule has 9 heteroatoms. The van der Waals surface area contributed by atoms with Crippen LogP contribution in [0.15, 0.2) is 48.5 Å². The first-order chi connectivity index (χ1) is 13.6. The lowest BCUT2D eigenvalue weighted by Crippen LogP contribution is -2.12. The van der Waals surface area contributed by atoms with Crippen LogP contribution in [-0.4, -0.2) is 46.9 Å². The Kier molecular flexibility index (Phi) is 6.57. The summed E-state index contributed by atoms with van der Waals surface area (Å²) in [6.07, 6.45) is 0.